The van der Waals surface area contributed by atoms with Crippen molar-refractivity contribution in [2.75, 3.05) is 13.6 Å². The number of amides is 1. The lowest BCUT2D eigenvalue weighted by Gasteiger charge is -2.33. The first-order valence-electron chi connectivity index (χ1n) is 5.03. The molecule has 0 aliphatic carbocycles. The number of alkyl halides is 3. The van der Waals surface area contributed by atoms with Crippen molar-refractivity contribution in [2.45, 2.75) is 33.0 Å². The summed E-state index contributed by atoms with van der Waals surface area (Å²) in [6, 6.07) is -0.406. The van der Waals surface area contributed by atoms with Crippen molar-refractivity contribution in [3.63, 3.8) is 0 Å². The Labute approximate surface area is 98.9 Å². The Balaban J connectivity index is 4.68. The summed E-state index contributed by atoms with van der Waals surface area (Å²) in [5.41, 5.74) is 2.27. The van der Waals surface area contributed by atoms with Crippen molar-refractivity contribution in [1.29, 1.82) is 0 Å². The summed E-state index contributed by atoms with van der Waals surface area (Å²) in [6.45, 7) is 8.64. The van der Waals surface area contributed by atoms with Gasteiger partial charge in [0.2, 0.25) is 0 Å². The lowest BCUT2D eigenvalue weighted by atomic mass is 9.87. The molecule has 100 valence electrons. The first-order chi connectivity index (χ1) is 7.50. The second kappa shape index (κ2) is 5.37. The molecule has 0 aromatic rings. The van der Waals surface area contributed by atoms with Gasteiger partial charge in [0.25, 0.3) is 0 Å². The number of nitrogens with zero attached hydrogens (tertiary/aromatic N) is 2. The number of nitrogens with one attached hydrogen (secondary N) is 1. The number of carbonyl (C=O) groups excluding carboxylic acids is 1. The first-order valence-corrected chi connectivity index (χ1v) is 5.03. The van der Waals surface area contributed by atoms with Gasteiger partial charge in [0.1, 0.15) is 0 Å². The van der Waals surface area contributed by atoms with E-state index in [2.05, 4.69) is 17.2 Å². The minimum atomic E-state index is -4.85. The maximum Gasteiger partial charge on any atom is 0.471 e. The Morgan fingerprint density at radius 1 is 1.41 bits per heavy atom. The van der Waals surface area contributed by atoms with Crippen LogP contribution in [-0.4, -0.2) is 43.3 Å². The highest BCUT2D eigenvalue weighted by molar-refractivity contribution is 5.81. The molecule has 0 aromatic carbocycles. The van der Waals surface area contributed by atoms with Gasteiger partial charge >= 0.3 is 12.1 Å². The number of hydrazone groups is 1. The molecule has 0 heterocycles. The van der Waals surface area contributed by atoms with Crippen LogP contribution >= 0.6 is 0 Å². The Morgan fingerprint density at radius 2 is 1.88 bits per heavy atom. The zero-order chi connectivity index (χ0) is 13.9. The third kappa shape index (κ3) is 5.06. The molecule has 0 saturated carbocycles. The van der Waals surface area contributed by atoms with Gasteiger partial charge in [-0.15, -0.1) is 0 Å². The summed E-state index contributed by atoms with van der Waals surface area (Å²) >= 11 is 0. The van der Waals surface area contributed by atoms with Crippen LogP contribution < -0.4 is 5.43 Å². The van der Waals surface area contributed by atoms with E-state index in [0.29, 0.717) is 4.90 Å². The summed E-state index contributed by atoms with van der Waals surface area (Å²) in [5.74, 6) is -1.86. The van der Waals surface area contributed by atoms with Crippen LogP contribution in [0.25, 0.3) is 0 Å². The third-order valence-corrected chi connectivity index (χ3v) is 2.34. The molecule has 0 spiro atoms. The quantitative estimate of drug-likeness (QED) is 0.611. The molecule has 0 unspecified atom stereocenters. The monoisotopic (exact) mass is 253 g/mol. The van der Waals surface area contributed by atoms with Gasteiger partial charge in [-0.1, -0.05) is 20.8 Å². The largest absolute Gasteiger partial charge is 0.471 e. The normalized spacial score (nSPS) is 14.1. The molecule has 1 amide bonds. The minimum absolute atomic E-state index is 0.0964. The van der Waals surface area contributed by atoms with Crippen LogP contribution in [-0.2, 0) is 4.79 Å². The van der Waals surface area contributed by atoms with E-state index in [9.17, 15) is 18.0 Å². The number of likely N-dealkylation sites (N-methyl/N-ethyl adjacent to an activating group) is 1. The maximum absolute atomic E-state index is 12.2. The average molecular weight is 253 g/mol. The average Bonchev–Trinajstić information content (AvgIpc) is 2.12. The van der Waals surface area contributed by atoms with Gasteiger partial charge in [-0.05, 0) is 5.41 Å². The molecule has 4 nitrogen and oxygen atoms in total. The van der Waals surface area contributed by atoms with Crippen LogP contribution in [0.4, 0.5) is 13.2 Å². The molecule has 1 N–H and O–H groups in total. The summed E-state index contributed by atoms with van der Waals surface area (Å²) < 4.78 is 36.6. The number of halogens is 3. The fourth-order valence-electron chi connectivity index (χ4n) is 1.19. The van der Waals surface area contributed by atoms with E-state index in [0.717, 1.165) is 7.05 Å². The van der Waals surface area contributed by atoms with Crippen LogP contribution in [0, 0.1) is 5.41 Å². The van der Waals surface area contributed by atoms with Gasteiger partial charge in [0.15, 0.2) is 0 Å². The fraction of sp³-hybridized carbons (Fsp3) is 0.800. The Hall–Kier alpha value is -1.27. The summed E-state index contributed by atoms with van der Waals surface area (Å²) in [7, 11) is 1.11. The smallest absolute Gasteiger partial charge is 0.336 e. The van der Waals surface area contributed by atoms with E-state index in [1.54, 1.807) is 0 Å². The molecule has 17 heavy (non-hydrogen) atoms. The van der Waals surface area contributed by atoms with E-state index in [-0.39, 0.29) is 12.0 Å². The molecular formula is C10H18F3N3O. The highest BCUT2D eigenvalue weighted by atomic mass is 19.4. The van der Waals surface area contributed by atoms with E-state index < -0.39 is 18.1 Å². The van der Waals surface area contributed by atoms with Crippen LogP contribution in [0.5, 0.6) is 0 Å². The van der Waals surface area contributed by atoms with Gasteiger partial charge in [-0.25, -0.2) is 0 Å². The summed E-state index contributed by atoms with van der Waals surface area (Å²) in [4.78, 5) is 11.6. The standard InChI is InChI=1S/C10H18F3N3O/c1-9(2,3)7(15-14-4)6-16(5)8(17)10(11,12)13/h7,15H,4,6H2,1-3,5H3/t7-/m1/s1. The molecule has 0 aliphatic rings. The van der Waals surface area contributed by atoms with Gasteiger partial charge in [-0.2, -0.15) is 18.3 Å². The molecule has 0 saturated heterocycles. The van der Waals surface area contributed by atoms with Gasteiger partial charge in [-0.3, -0.25) is 4.79 Å². The second-order valence-corrected chi connectivity index (χ2v) is 4.89. The van der Waals surface area contributed by atoms with E-state index in [4.69, 9.17) is 0 Å². The highest BCUT2D eigenvalue weighted by Gasteiger charge is 2.42. The molecule has 0 aliphatic heterocycles. The molecule has 0 aromatic heterocycles. The van der Waals surface area contributed by atoms with Crippen molar-refractivity contribution >= 4 is 12.6 Å². The zero-order valence-electron chi connectivity index (χ0n) is 10.4. The summed E-state index contributed by atoms with van der Waals surface area (Å²) in [6.07, 6.45) is -4.85. The minimum Gasteiger partial charge on any atom is -0.336 e. The van der Waals surface area contributed by atoms with Crippen molar-refractivity contribution in [1.82, 2.24) is 10.3 Å². The number of hydrogen-bond acceptors (Lipinski definition) is 3. The predicted octanol–water partition coefficient (Wildman–Crippen LogP) is 1.63. The number of hydrogen-bond donors (Lipinski definition) is 1. The molecule has 0 radical (unpaired) electrons. The van der Waals surface area contributed by atoms with Crippen molar-refractivity contribution in [3.8, 4) is 0 Å². The molecule has 0 rings (SSSR count). The topological polar surface area (TPSA) is 44.7 Å². The molecular weight excluding hydrogens is 235 g/mol. The zero-order valence-corrected chi connectivity index (χ0v) is 10.4. The van der Waals surface area contributed by atoms with E-state index >= 15 is 0 Å². The lowest BCUT2D eigenvalue weighted by Crippen LogP contribution is -2.50. The predicted molar refractivity (Wildman–Crippen MR) is 59.6 cm³/mol. The number of rotatable bonds is 4. The Bertz CT molecular complexity index is 284. The molecule has 7 heteroatoms. The van der Waals surface area contributed by atoms with Gasteiger partial charge in [0.05, 0.1) is 6.04 Å². The third-order valence-electron chi connectivity index (χ3n) is 2.34. The Kier molecular flexibility index (Phi) is 4.97. The fourth-order valence-corrected chi connectivity index (χ4v) is 1.19. The van der Waals surface area contributed by atoms with Crippen LogP contribution in [0.2, 0.25) is 0 Å². The highest BCUT2D eigenvalue weighted by Crippen LogP contribution is 2.22. The maximum atomic E-state index is 12.2. The van der Waals surface area contributed by atoms with Crippen LogP contribution in [0.3, 0.4) is 0 Å². The van der Waals surface area contributed by atoms with E-state index in [1.165, 1.54) is 0 Å². The van der Waals surface area contributed by atoms with Crippen molar-refractivity contribution < 1.29 is 18.0 Å². The molecule has 0 fully saturated rings. The van der Waals surface area contributed by atoms with Gasteiger partial charge in [0, 0.05) is 20.3 Å². The SMILES string of the molecule is C=NN[C@H](CN(C)C(=O)C(F)(F)F)C(C)(C)C. The van der Waals surface area contributed by atoms with Crippen molar-refractivity contribution in [3.05, 3.63) is 0 Å². The first kappa shape index (κ1) is 15.7. The van der Waals surface area contributed by atoms with Crippen LogP contribution in [0.15, 0.2) is 5.10 Å². The second-order valence-electron chi connectivity index (χ2n) is 4.89. The molecule has 1 atom stereocenters. The summed E-state index contributed by atoms with van der Waals surface area (Å²) in [5, 5.41) is 3.46. The number of carbonyl (C=O) groups is 1. The van der Waals surface area contributed by atoms with Gasteiger partial charge < -0.3 is 10.3 Å². The lowest BCUT2D eigenvalue weighted by molar-refractivity contribution is -0.184. The van der Waals surface area contributed by atoms with Crippen LogP contribution in [0.1, 0.15) is 20.8 Å². The Morgan fingerprint density at radius 3 is 2.18 bits per heavy atom. The van der Waals surface area contributed by atoms with E-state index in [1.807, 2.05) is 20.8 Å². The van der Waals surface area contributed by atoms with Crippen molar-refractivity contribution in [2.24, 2.45) is 10.5 Å². The molecule has 0 bridgehead atoms.